The molecule has 1 unspecified atom stereocenters. The van der Waals surface area contributed by atoms with Gasteiger partial charge >= 0.3 is 5.97 Å². The van der Waals surface area contributed by atoms with E-state index < -0.39 is 29.5 Å². The summed E-state index contributed by atoms with van der Waals surface area (Å²) in [7, 11) is 0. The predicted octanol–water partition coefficient (Wildman–Crippen LogP) is 1.75. The van der Waals surface area contributed by atoms with E-state index in [0.29, 0.717) is 5.56 Å². The zero-order valence-corrected chi connectivity index (χ0v) is 12.4. The van der Waals surface area contributed by atoms with Gasteiger partial charge in [-0.05, 0) is 19.4 Å². The predicted molar refractivity (Wildman–Crippen MR) is 78.2 cm³/mol. The van der Waals surface area contributed by atoms with E-state index >= 15 is 0 Å². The van der Waals surface area contributed by atoms with Crippen molar-refractivity contribution in [2.75, 3.05) is 6.54 Å². The Bertz CT molecular complexity index is 660. The molecule has 1 amide bonds. The van der Waals surface area contributed by atoms with Crippen molar-refractivity contribution in [3.8, 4) is 0 Å². The van der Waals surface area contributed by atoms with E-state index in [-0.39, 0.29) is 18.5 Å². The van der Waals surface area contributed by atoms with Gasteiger partial charge in [0.25, 0.3) is 5.91 Å². The Labute approximate surface area is 127 Å². The second-order valence-electron chi connectivity index (χ2n) is 5.27. The van der Waals surface area contributed by atoms with Crippen LogP contribution >= 0.6 is 0 Å². The molecule has 0 radical (unpaired) electrons. The van der Waals surface area contributed by atoms with Crippen molar-refractivity contribution in [2.24, 2.45) is 0 Å². The lowest BCUT2D eigenvalue weighted by Gasteiger charge is -2.26. The van der Waals surface area contributed by atoms with Gasteiger partial charge in [-0.25, -0.2) is 0 Å². The first-order valence-corrected chi connectivity index (χ1v) is 6.86. The Hall–Kier alpha value is -2.63. The number of hydrogen-bond acceptors (Lipinski definition) is 4. The molecule has 2 N–H and O–H groups in total. The van der Waals surface area contributed by atoms with Gasteiger partial charge in [-0.15, -0.1) is 0 Å². The van der Waals surface area contributed by atoms with E-state index in [0.717, 1.165) is 5.56 Å². The molecule has 116 valence electrons. The van der Waals surface area contributed by atoms with Crippen LogP contribution < -0.4 is 0 Å². The number of aryl methyl sites for hydroxylation is 1. The molecular formula is C16H17NO5. The molecule has 0 saturated carbocycles. The zero-order valence-electron chi connectivity index (χ0n) is 12.4. The number of aliphatic hydroxyl groups is 1. The lowest BCUT2D eigenvalue weighted by molar-refractivity contribution is -0.138. The van der Waals surface area contributed by atoms with Gasteiger partial charge < -0.3 is 15.1 Å². The molecule has 1 aliphatic heterocycles. The number of rotatable bonds is 5. The SMILES string of the molecule is CC(=O)C1=C(O)C(=O)N(CCC(=O)O)C1c1ccc(C)cc1. The summed E-state index contributed by atoms with van der Waals surface area (Å²) in [6, 6.07) is 6.46. The molecule has 0 bridgehead atoms. The number of ketones is 1. The molecule has 0 aromatic heterocycles. The van der Waals surface area contributed by atoms with Crippen LogP contribution in [0.1, 0.15) is 30.5 Å². The molecule has 0 spiro atoms. The molecule has 2 rings (SSSR count). The van der Waals surface area contributed by atoms with Crippen molar-refractivity contribution >= 4 is 17.7 Å². The fourth-order valence-corrected chi connectivity index (χ4v) is 2.56. The summed E-state index contributed by atoms with van der Waals surface area (Å²) >= 11 is 0. The first kappa shape index (κ1) is 15.8. The Morgan fingerprint density at radius 3 is 2.32 bits per heavy atom. The minimum absolute atomic E-state index is 0.0132. The maximum Gasteiger partial charge on any atom is 0.305 e. The highest BCUT2D eigenvalue weighted by Gasteiger charge is 2.42. The molecule has 1 aliphatic rings. The van der Waals surface area contributed by atoms with Gasteiger partial charge in [-0.1, -0.05) is 29.8 Å². The van der Waals surface area contributed by atoms with Gasteiger partial charge in [0.2, 0.25) is 0 Å². The summed E-state index contributed by atoms with van der Waals surface area (Å²) in [4.78, 5) is 36.0. The third-order valence-corrected chi connectivity index (χ3v) is 3.64. The monoisotopic (exact) mass is 303 g/mol. The first-order valence-electron chi connectivity index (χ1n) is 6.86. The smallest absolute Gasteiger partial charge is 0.305 e. The topological polar surface area (TPSA) is 94.9 Å². The molecule has 0 fully saturated rings. The summed E-state index contributed by atoms with van der Waals surface area (Å²) in [6.07, 6.45) is -0.257. The van der Waals surface area contributed by atoms with E-state index in [9.17, 15) is 19.5 Å². The van der Waals surface area contributed by atoms with Crippen LogP contribution in [-0.4, -0.2) is 39.3 Å². The summed E-state index contributed by atoms with van der Waals surface area (Å²) in [6.45, 7) is 3.11. The van der Waals surface area contributed by atoms with E-state index in [1.54, 1.807) is 12.1 Å². The highest BCUT2D eigenvalue weighted by molar-refractivity contribution is 6.08. The Balaban J connectivity index is 2.45. The van der Waals surface area contributed by atoms with Crippen molar-refractivity contribution in [1.29, 1.82) is 0 Å². The van der Waals surface area contributed by atoms with Crippen LogP contribution in [0.2, 0.25) is 0 Å². The first-order chi connectivity index (χ1) is 10.3. The summed E-state index contributed by atoms with van der Waals surface area (Å²) in [5.74, 6) is -2.76. The third kappa shape index (κ3) is 2.86. The van der Waals surface area contributed by atoms with Crippen LogP contribution in [0.5, 0.6) is 0 Å². The maximum atomic E-state index is 12.2. The van der Waals surface area contributed by atoms with Gasteiger partial charge in [0, 0.05) is 6.54 Å². The lowest BCUT2D eigenvalue weighted by atomic mass is 9.96. The van der Waals surface area contributed by atoms with Gasteiger partial charge in [0.05, 0.1) is 18.0 Å². The van der Waals surface area contributed by atoms with Crippen LogP contribution in [0.3, 0.4) is 0 Å². The number of carbonyl (C=O) groups excluding carboxylic acids is 2. The number of carbonyl (C=O) groups is 3. The van der Waals surface area contributed by atoms with Crippen LogP contribution in [0, 0.1) is 6.92 Å². The minimum Gasteiger partial charge on any atom is -0.503 e. The molecule has 6 heteroatoms. The van der Waals surface area contributed by atoms with Gasteiger partial charge in [-0.3, -0.25) is 14.4 Å². The van der Waals surface area contributed by atoms with Crippen molar-refractivity contribution in [3.63, 3.8) is 0 Å². The van der Waals surface area contributed by atoms with Gasteiger partial charge in [0.15, 0.2) is 11.5 Å². The average Bonchev–Trinajstić information content (AvgIpc) is 2.70. The number of hydrogen-bond donors (Lipinski definition) is 2. The van der Waals surface area contributed by atoms with Crippen molar-refractivity contribution in [3.05, 3.63) is 46.7 Å². The lowest BCUT2D eigenvalue weighted by Crippen LogP contribution is -2.33. The molecular weight excluding hydrogens is 286 g/mol. The third-order valence-electron chi connectivity index (χ3n) is 3.64. The molecule has 1 aromatic rings. The van der Waals surface area contributed by atoms with Crippen molar-refractivity contribution < 1.29 is 24.6 Å². The highest BCUT2D eigenvalue weighted by Crippen LogP contribution is 2.37. The molecule has 6 nitrogen and oxygen atoms in total. The number of benzene rings is 1. The number of amides is 1. The summed E-state index contributed by atoms with van der Waals surface area (Å²) < 4.78 is 0. The van der Waals surface area contributed by atoms with E-state index in [1.165, 1.54) is 11.8 Å². The molecule has 1 heterocycles. The largest absolute Gasteiger partial charge is 0.503 e. The minimum atomic E-state index is -1.05. The van der Waals surface area contributed by atoms with Crippen LogP contribution in [-0.2, 0) is 14.4 Å². The standard InChI is InChI=1S/C16H17NO5/c1-9-3-5-11(6-4-9)14-13(10(2)18)15(21)16(22)17(14)8-7-12(19)20/h3-6,14,21H,7-8H2,1-2H3,(H,19,20). The Kier molecular flexibility index (Phi) is 4.30. The second-order valence-corrected chi connectivity index (χ2v) is 5.27. The van der Waals surface area contributed by atoms with E-state index in [2.05, 4.69) is 0 Å². The summed E-state index contributed by atoms with van der Waals surface area (Å²) in [5, 5.41) is 18.8. The van der Waals surface area contributed by atoms with Gasteiger partial charge in [-0.2, -0.15) is 0 Å². The normalized spacial score (nSPS) is 18.0. The van der Waals surface area contributed by atoms with Crippen molar-refractivity contribution in [2.45, 2.75) is 26.3 Å². The molecule has 22 heavy (non-hydrogen) atoms. The molecule has 0 saturated heterocycles. The number of aliphatic hydroxyl groups excluding tert-OH is 1. The fourth-order valence-electron chi connectivity index (χ4n) is 2.56. The van der Waals surface area contributed by atoms with E-state index in [1.807, 2.05) is 19.1 Å². The molecule has 0 aliphatic carbocycles. The van der Waals surface area contributed by atoms with E-state index in [4.69, 9.17) is 5.11 Å². The number of Topliss-reactive ketones (excluding diaryl/α,β-unsaturated/α-hetero) is 1. The van der Waals surface area contributed by atoms with Crippen LogP contribution in [0.25, 0.3) is 0 Å². The highest BCUT2D eigenvalue weighted by atomic mass is 16.4. The average molecular weight is 303 g/mol. The number of nitrogens with zero attached hydrogens (tertiary/aromatic N) is 1. The number of carboxylic acids is 1. The number of carboxylic acid groups (broad SMARTS) is 1. The Morgan fingerprint density at radius 1 is 1.23 bits per heavy atom. The van der Waals surface area contributed by atoms with Crippen LogP contribution in [0.4, 0.5) is 0 Å². The van der Waals surface area contributed by atoms with Crippen LogP contribution in [0.15, 0.2) is 35.6 Å². The fraction of sp³-hybridized carbons (Fsp3) is 0.312. The second kappa shape index (κ2) is 6.01. The maximum absolute atomic E-state index is 12.2. The molecule has 1 atom stereocenters. The van der Waals surface area contributed by atoms with Gasteiger partial charge in [0.1, 0.15) is 0 Å². The molecule has 1 aromatic carbocycles. The number of aliphatic carboxylic acids is 1. The van der Waals surface area contributed by atoms with Crippen molar-refractivity contribution in [1.82, 2.24) is 4.90 Å². The Morgan fingerprint density at radius 2 is 1.82 bits per heavy atom. The quantitative estimate of drug-likeness (QED) is 0.864. The zero-order chi connectivity index (χ0) is 16.4. The summed E-state index contributed by atoms with van der Waals surface area (Å²) in [5.41, 5.74) is 1.69.